The summed E-state index contributed by atoms with van der Waals surface area (Å²) in [7, 11) is 0. The Bertz CT molecular complexity index is 808. The topological polar surface area (TPSA) is 57.0 Å². The highest BCUT2D eigenvalue weighted by molar-refractivity contribution is 7.13. The molecule has 0 amide bonds. The third-order valence-corrected chi connectivity index (χ3v) is 4.26. The van der Waals surface area contributed by atoms with Crippen LogP contribution in [0.15, 0.2) is 41.9 Å². The summed E-state index contributed by atoms with van der Waals surface area (Å²) in [6.07, 6.45) is 2.17. The van der Waals surface area contributed by atoms with Gasteiger partial charge < -0.3 is 4.74 Å². The van der Waals surface area contributed by atoms with E-state index < -0.39 is 0 Å². The first kappa shape index (κ1) is 15.4. The van der Waals surface area contributed by atoms with Gasteiger partial charge in [0.2, 0.25) is 0 Å². The Labute approximate surface area is 138 Å². The number of nitrogens with zero attached hydrogens (tertiary/aromatic N) is 3. The summed E-state index contributed by atoms with van der Waals surface area (Å²) in [5, 5.41) is 7.31. The summed E-state index contributed by atoms with van der Waals surface area (Å²) in [5.41, 5.74) is 3.63. The fraction of sp³-hybridized carbons (Fsp3) is 0.235. The third-order valence-electron chi connectivity index (χ3n) is 3.33. The molecule has 118 valence electrons. The molecule has 1 aromatic carbocycles. The Morgan fingerprint density at radius 3 is 2.83 bits per heavy atom. The van der Waals surface area contributed by atoms with Gasteiger partial charge in [0.15, 0.2) is 0 Å². The number of carbonyl (C=O) groups is 1. The summed E-state index contributed by atoms with van der Waals surface area (Å²) >= 11 is 1.51. The first-order valence-corrected chi connectivity index (χ1v) is 8.27. The number of thiazole rings is 1. The number of esters is 1. The van der Waals surface area contributed by atoms with Crippen LogP contribution >= 0.6 is 11.3 Å². The van der Waals surface area contributed by atoms with Gasteiger partial charge in [-0.1, -0.05) is 18.2 Å². The van der Waals surface area contributed by atoms with E-state index in [2.05, 4.69) is 10.1 Å². The van der Waals surface area contributed by atoms with E-state index in [-0.39, 0.29) is 12.4 Å². The van der Waals surface area contributed by atoms with Crippen molar-refractivity contribution < 1.29 is 9.53 Å². The van der Waals surface area contributed by atoms with E-state index >= 15 is 0 Å². The molecule has 2 aromatic heterocycles. The highest BCUT2D eigenvalue weighted by atomic mass is 32.1. The third kappa shape index (κ3) is 3.48. The molecule has 5 nitrogen and oxygen atoms in total. The first-order chi connectivity index (χ1) is 11.2. The van der Waals surface area contributed by atoms with Crippen molar-refractivity contribution in [2.24, 2.45) is 0 Å². The number of rotatable bonds is 5. The standard InChI is InChI=1S/C17H17N3O2S/c1-3-22-16(21)9-13-11-23-17(18-13)15-10-20(19-12(15)2)14-7-5-4-6-8-14/h4-8,10-11H,3,9H2,1-2H3. The molecular formula is C17H17N3O2S. The highest BCUT2D eigenvalue weighted by Crippen LogP contribution is 2.27. The van der Waals surface area contributed by atoms with Gasteiger partial charge in [-0.3, -0.25) is 4.79 Å². The van der Waals surface area contributed by atoms with Crippen molar-refractivity contribution in [2.45, 2.75) is 20.3 Å². The van der Waals surface area contributed by atoms with Crippen LogP contribution in [0.1, 0.15) is 18.3 Å². The van der Waals surface area contributed by atoms with Crippen molar-refractivity contribution in [3.8, 4) is 16.3 Å². The zero-order valence-electron chi connectivity index (χ0n) is 13.0. The Kier molecular flexibility index (Phi) is 4.52. The molecular weight excluding hydrogens is 310 g/mol. The van der Waals surface area contributed by atoms with E-state index in [1.54, 1.807) is 6.92 Å². The molecule has 0 atom stereocenters. The lowest BCUT2D eigenvalue weighted by Crippen LogP contribution is -2.07. The van der Waals surface area contributed by atoms with Crippen molar-refractivity contribution >= 4 is 17.3 Å². The average Bonchev–Trinajstić information content (AvgIpc) is 3.15. The Hall–Kier alpha value is -2.47. The summed E-state index contributed by atoms with van der Waals surface area (Å²) in [4.78, 5) is 16.1. The molecule has 0 aliphatic heterocycles. The quantitative estimate of drug-likeness (QED) is 0.674. The first-order valence-electron chi connectivity index (χ1n) is 7.39. The minimum Gasteiger partial charge on any atom is -0.466 e. The Morgan fingerprint density at radius 2 is 2.09 bits per heavy atom. The lowest BCUT2D eigenvalue weighted by molar-refractivity contribution is -0.142. The van der Waals surface area contributed by atoms with Crippen LogP contribution < -0.4 is 0 Å². The molecule has 0 saturated carbocycles. The molecule has 0 radical (unpaired) electrons. The van der Waals surface area contributed by atoms with E-state index in [1.165, 1.54) is 11.3 Å². The van der Waals surface area contributed by atoms with Gasteiger partial charge in [0.05, 0.1) is 35.7 Å². The predicted octanol–water partition coefficient (Wildman–Crippen LogP) is 3.41. The SMILES string of the molecule is CCOC(=O)Cc1csc(-c2cn(-c3ccccc3)nc2C)n1. The summed E-state index contributed by atoms with van der Waals surface area (Å²) in [6.45, 7) is 4.14. The zero-order chi connectivity index (χ0) is 16.2. The van der Waals surface area contributed by atoms with E-state index in [0.717, 1.165) is 27.6 Å². The maximum absolute atomic E-state index is 11.5. The molecule has 0 unspecified atom stereocenters. The molecule has 0 spiro atoms. The molecule has 3 rings (SSSR count). The number of ether oxygens (including phenoxy) is 1. The Morgan fingerprint density at radius 1 is 1.30 bits per heavy atom. The molecule has 23 heavy (non-hydrogen) atoms. The fourth-order valence-corrected chi connectivity index (χ4v) is 3.14. The van der Waals surface area contributed by atoms with Gasteiger partial charge in [0, 0.05) is 11.6 Å². The molecule has 0 aliphatic rings. The second-order valence-electron chi connectivity index (χ2n) is 5.03. The van der Waals surface area contributed by atoms with E-state index in [0.29, 0.717) is 6.61 Å². The minimum atomic E-state index is -0.249. The molecule has 0 N–H and O–H groups in total. The lowest BCUT2D eigenvalue weighted by Gasteiger charge is -1.98. The molecule has 0 fully saturated rings. The highest BCUT2D eigenvalue weighted by Gasteiger charge is 2.14. The molecule has 0 bridgehead atoms. The predicted molar refractivity (Wildman–Crippen MR) is 89.7 cm³/mol. The molecule has 3 aromatic rings. The number of hydrogen-bond donors (Lipinski definition) is 0. The van der Waals surface area contributed by atoms with E-state index in [1.807, 2.05) is 53.5 Å². The van der Waals surface area contributed by atoms with Crippen LogP contribution in [0.5, 0.6) is 0 Å². The monoisotopic (exact) mass is 327 g/mol. The number of aryl methyl sites for hydroxylation is 1. The number of aromatic nitrogens is 3. The molecule has 2 heterocycles. The fourth-order valence-electron chi connectivity index (χ4n) is 2.25. The summed E-state index contributed by atoms with van der Waals surface area (Å²) in [6, 6.07) is 9.94. The largest absolute Gasteiger partial charge is 0.466 e. The van der Waals surface area contributed by atoms with Gasteiger partial charge in [-0.2, -0.15) is 5.10 Å². The van der Waals surface area contributed by atoms with Crippen molar-refractivity contribution in [1.29, 1.82) is 0 Å². The van der Waals surface area contributed by atoms with Crippen LogP contribution in [0.25, 0.3) is 16.3 Å². The average molecular weight is 327 g/mol. The normalized spacial score (nSPS) is 10.7. The van der Waals surface area contributed by atoms with E-state index in [4.69, 9.17) is 4.74 Å². The molecule has 0 saturated heterocycles. The van der Waals surface area contributed by atoms with Gasteiger partial charge in [0.1, 0.15) is 5.01 Å². The molecule has 0 aliphatic carbocycles. The van der Waals surface area contributed by atoms with Crippen molar-refractivity contribution in [2.75, 3.05) is 6.61 Å². The van der Waals surface area contributed by atoms with Gasteiger partial charge in [-0.05, 0) is 26.0 Å². The van der Waals surface area contributed by atoms with Gasteiger partial charge >= 0.3 is 5.97 Å². The maximum Gasteiger partial charge on any atom is 0.311 e. The maximum atomic E-state index is 11.5. The summed E-state index contributed by atoms with van der Waals surface area (Å²) in [5.74, 6) is -0.249. The number of carbonyl (C=O) groups excluding carboxylic acids is 1. The number of para-hydroxylation sites is 1. The number of benzene rings is 1. The van der Waals surface area contributed by atoms with Gasteiger partial charge in [0.25, 0.3) is 0 Å². The van der Waals surface area contributed by atoms with Crippen LogP contribution in [0.3, 0.4) is 0 Å². The van der Waals surface area contributed by atoms with Crippen LogP contribution in [0.2, 0.25) is 0 Å². The van der Waals surface area contributed by atoms with Crippen LogP contribution in [-0.4, -0.2) is 27.3 Å². The smallest absolute Gasteiger partial charge is 0.311 e. The van der Waals surface area contributed by atoms with Gasteiger partial charge in [-0.25, -0.2) is 9.67 Å². The van der Waals surface area contributed by atoms with Crippen molar-refractivity contribution in [3.05, 3.63) is 53.3 Å². The van der Waals surface area contributed by atoms with Crippen molar-refractivity contribution in [1.82, 2.24) is 14.8 Å². The second-order valence-corrected chi connectivity index (χ2v) is 5.89. The van der Waals surface area contributed by atoms with Crippen LogP contribution in [0, 0.1) is 6.92 Å². The molecule has 6 heteroatoms. The minimum absolute atomic E-state index is 0.205. The lowest BCUT2D eigenvalue weighted by atomic mass is 10.3. The zero-order valence-corrected chi connectivity index (χ0v) is 13.8. The number of hydrogen-bond acceptors (Lipinski definition) is 5. The van der Waals surface area contributed by atoms with Gasteiger partial charge in [-0.15, -0.1) is 11.3 Å². The Balaban J connectivity index is 1.84. The van der Waals surface area contributed by atoms with Crippen LogP contribution in [-0.2, 0) is 16.0 Å². The second kappa shape index (κ2) is 6.75. The van der Waals surface area contributed by atoms with E-state index in [9.17, 15) is 4.79 Å². The van der Waals surface area contributed by atoms with Crippen LogP contribution in [0.4, 0.5) is 0 Å². The van der Waals surface area contributed by atoms with Crippen molar-refractivity contribution in [3.63, 3.8) is 0 Å². The summed E-state index contributed by atoms with van der Waals surface area (Å²) < 4.78 is 6.80.